The topological polar surface area (TPSA) is 92.7 Å². The molecule has 0 unspecified atom stereocenters. The van der Waals surface area contributed by atoms with Gasteiger partial charge >= 0.3 is 0 Å². The van der Waals surface area contributed by atoms with Gasteiger partial charge in [0.05, 0.1) is 29.1 Å². The van der Waals surface area contributed by atoms with Crippen molar-refractivity contribution >= 4 is 23.2 Å². The van der Waals surface area contributed by atoms with Crippen molar-refractivity contribution in [1.82, 2.24) is 19.7 Å². The number of aromatic amines is 1. The normalized spacial score (nSPS) is 10.6. The average molecular weight is 348 g/mol. The Morgan fingerprint density at radius 3 is 2.96 bits per heavy atom. The second-order valence-electron chi connectivity index (χ2n) is 4.85. The Balaban J connectivity index is 1.80. The van der Waals surface area contributed by atoms with Crippen molar-refractivity contribution in [2.24, 2.45) is 0 Å². The van der Waals surface area contributed by atoms with Gasteiger partial charge in [0, 0.05) is 18.5 Å². The van der Waals surface area contributed by atoms with E-state index in [0.29, 0.717) is 5.69 Å². The number of hydrogen-bond acceptors (Lipinski definition) is 4. The van der Waals surface area contributed by atoms with Crippen LogP contribution in [0.2, 0.25) is 5.02 Å². The van der Waals surface area contributed by atoms with Gasteiger partial charge in [-0.05, 0) is 12.1 Å². The molecule has 1 amide bonds. The molecule has 0 atom stereocenters. The van der Waals surface area contributed by atoms with Gasteiger partial charge in [0.15, 0.2) is 5.82 Å². The molecular formula is C15H11ClFN5O2. The molecule has 0 radical (unpaired) electrons. The quantitative estimate of drug-likeness (QED) is 0.755. The fraction of sp³-hybridized carbons (Fsp3) is 0.0667. The Labute approximate surface area is 140 Å². The summed E-state index contributed by atoms with van der Waals surface area (Å²) in [7, 11) is 0. The lowest BCUT2D eigenvalue weighted by Gasteiger charge is -2.06. The number of nitrogens with one attached hydrogen (secondary N) is 2. The maximum absolute atomic E-state index is 13.8. The molecular weight excluding hydrogens is 337 g/mol. The molecule has 2 N–H and O–H groups in total. The summed E-state index contributed by atoms with van der Waals surface area (Å²) in [6, 6.07) is 5.36. The average Bonchev–Trinajstić information content (AvgIpc) is 2.94. The second-order valence-corrected chi connectivity index (χ2v) is 5.25. The van der Waals surface area contributed by atoms with Crippen LogP contribution < -0.4 is 10.9 Å². The lowest BCUT2D eigenvalue weighted by Crippen LogP contribution is -2.17. The van der Waals surface area contributed by atoms with E-state index in [-0.39, 0.29) is 22.9 Å². The second kappa shape index (κ2) is 6.63. The van der Waals surface area contributed by atoms with Crippen LogP contribution >= 0.6 is 11.6 Å². The molecule has 7 nitrogen and oxygen atoms in total. The molecule has 1 aromatic carbocycles. The van der Waals surface area contributed by atoms with Gasteiger partial charge in [-0.25, -0.2) is 9.07 Å². The molecule has 0 saturated carbocycles. The summed E-state index contributed by atoms with van der Waals surface area (Å²) in [4.78, 5) is 32.0. The molecule has 0 bridgehead atoms. The largest absolute Gasteiger partial charge is 0.318 e. The zero-order valence-corrected chi connectivity index (χ0v) is 12.9. The highest BCUT2D eigenvalue weighted by Gasteiger charge is 2.15. The number of rotatable bonds is 4. The predicted octanol–water partition coefficient (Wildman–Crippen LogP) is 2.06. The number of H-pyrrole nitrogens is 1. The van der Waals surface area contributed by atoms with Crippen LogP contribution in [0.5, 0.6) is 0 Å². The molecule has 0 aliphatic carbocycles. The first-order valence-electron chi connectivity index (χ1n) is 6.84. The number of aromatic nitrogens is 4. The van der Waals surface area contributed by atoms with Crippen LogP contribution in [0.1, 0.15) is 16.2 Å². The first kappa shape index (κ1) is 15.9. The summed E-state index contributed by atoms with van der Waals surface area (Å²) in [6.45, 7) is 0.130. The van der Waals surface area contributed by atoms with Gasteiger partial charge in [-0.1, -0.05) is 17.7 Å². The van der Waals surface area contributed by atoms with Crippen molar-refractivity contribution in [3.63, 3.8) is 0 Å². The minimum absolute atomic E-state index is 0.0109. The van der Waals surface area contributed by atoms with Crippen LogP contribution in [-0.4, -0.2) is 25.7 Å². The fourth-order valence-electron chi connectivity index (χ4n) is 2.03. The van der Waals surface area contributed by atoms with Gasteiger partial charge in [0.2, 0.25) is 0 Å². The van der Waals surface area contributed by atoms with E-state index in [4.69, 9.17) is 11.6 Å². The highest BCUT2D eigenvalue weighted by Crippen LogP contribution is 2.22. The monoisotopic (exact) mass is 347 g/mol. The molecule has 0 aliphatic heterocycles. The van der Waals surface area contributed by atoms with E-state index in [1.165, 1.54) is 41.5 Å². The fourth-order valence-corrected chi connectivity index (χ4v) is 2.21. The molecule has 0 fully saturated rings. The summed E-state index contributed by atoms with van der Waals surface area (Å²) in [6.07, 6.45) is 4.52. The molecule has 0 saturated heterocycles. The lowest BCUT2D eigenvalue weighted by atomic mass is 10.3. The van der Waals surface area contributed by atoms with Crippen LogP contribution in [-0.2, 0) is 6.54 Å². The number of carbonyl (C=O) groups is 1. The minimum Gasteiger partial charge on any atom is -0.318 e. The summed E-state index contributed by atoms with van der Waals surface area (Å²) >= 11 is 5.66. The molecule has 3 rings (SSSR count). The summed E-state index contributed by atoms with van der Waals surface area (Å²) < 4.78 is 15.0. The third-order valence-electron chi connectivity index (χ3n) is 3.17. The van der Waals surface area contributed by atoms with Gasteiger partial charge in [0.25, 0.3) is 11.5 Å². The van der Waals surface area contributed by atoms with E-state index in [1.54, 1.807) is 0 Å². The molecule has 2 heterocycles. The van der Waals surface area contributed by atoms with Crippen LogP contribution in [0.15, 0.2) is 47.7 Å². The van der Waals surface area contributed by atoms with E-state index in [9.17, 15) is 14.0 Å². The molecule has 24 heavy (non-hydrogen) atoms. The number of hydrogen-bond donors (Lipinski definition) is 2. The highest BCUT2D eigenvalue weighted by atomic mass is 35.5. The van der Waals surface area contributed by atoms with Crippen molar-refractivity contribution in [2.75, 3.05) is 5.32 Å². The smallest absolute Gasteiger partial charge is 0.273 e. The summed E-state index contributed by atoms with van der Waals surface area (Å²) in [5.74, 6) is -1.40. The molecule has 0 aliphatic rings. The van der Waals surface area contributed by atoms with E-state index in [1.807, 2.05) is 0 Å². The minimum atomic E-state index is -0.742. The molecule has 3 aromatic rings. The zero-order valence-electron chi connectivity index (χ0n) is 12.2. The Bertz CT molecular complexity index is 939. The predicted molar refractivity (Wildman–Crippen MR) is 85.5 cm³/mol. The molecule has 0 spiro atoms. The first-order valence-corrected chi connectivity index (χ1v) is 7.22. The number of amides is 1. The van der Waals surface area contributed by atoms with E-state index in [0.717, 1.165) is 6.07 Å². The third-order valence-corrected chi connectivity index (χ3v) is 3.46. The van der Waals surface area contributed by atoms with E-state index < -0.39 is 17.3 Å². The highest BCUT2D eigenvalue weighted by molar-refractivity contribution is 6.31. The zero-order chi connectivity index (χ0) is 17.1. The number of carbonyl (C=O) groups excluding carboxylic acids is 1. The van der Waals surface area contributed by atoms with Crippen LogP contribution in [0.25, 0.3) is 0 Å². The van der Waals surface area contributed by atoms with Crippen LogP contribution in [0.3, 0.4) is 0 Å². The Hall–Kier alpha value is -3.00. The van der Waals surface area contributed by atoms with E-state index >= 15 is 0 Å². The summed E-state index contributed by atoms with van der Waals surface area (Å²) in [5.41, 5.74) is 0.0463. The van der Waals surface area contributed by atoms with Crippen LogP contribution in [0.4, 0.5) is 10.1 Å². The summed E-state index contributed by atoms with van der Waals surface area (Å²) in [5, 5.41) is 4.91. The number of benzene rings is 1. The maximum atomic E-state index is 13.8. The van der Waals surface area contributed by atoms with Gasteiger partial charge in [-0.3, -0.25) is 24.7 Å². The first-order chi connectivity index (χ1) is 11.5. The number of halogens is 2. The van der Waals surface area contributed by atoms with Gasteiger partial charge in [0.1, 0.15) is 5.69 Å². The van der Waals surface area contributed by atoms with Crippen molar-refractivity contribution in [3.8, 4) is 0 Å². The van der Waals surface area contributed by atoms with Crippen LogP contribution in [0, 0.1) is 5.82 Å². The van der Waals surface area contributed by atoms with Gasteiger partial charge in [-0.2, -0.15) is 0 Å². The lowest BCUT2D eigenvalue weighted by molar-refractivity contribution is 0.102. The Morgan fingerprint density at radius 2 is 2.21 bits per heavy atom. The van der Waals surface area contributed by atoms with Crippen molar-refractivity contribution in [2.45, 2.75) is 6.54 Å². The van der Waals surface area contributed by atoms with Crippen molar-refractivity contribution in [3.05, 3.63) is 75.4 Å². The van der Waals surface area contributed by atoms with Gasteiger partial charge < -0.3 is 5.32 Å². The Kier molecular flexibility index (Phi) is 4.39. The number of nitrogens with zero attached hydrogens (tertiary/aromatic N) is 3. The maximum Gasteiger partial charge on any atom is 0.273 e. The Morgan fingerprint density at radius 1 is 1.38 bits per heavy atom. The molecule has 2 aromatic heterocycles. The van der Waals surface area contributed by atoms with Crippen molar-refractivity contribution < 1.29 is 9.18 Å². The SMILES string of the molecule is O=C(Nc1cccc(Cl)c1F)c1cc(=O)n(Cc2cnccn2)[nH]1. The standard InChI is InChI=1S/C15H11ClFN5O2/c16-10-2-1-3-11(14(10)17)20-15(24)12-6-13(23)22(21-12)8-9-7-18-4-5-19-9/h1-7,21H,8H2,(H,20,24). The van der Waals surface area contributed by atoms with Crippen molar-refractivity contribution in [1.29, 1.82) is 0 Å². The van der Waals surface area contributed by atoms with Gasteiger partial charge in [-0.15, -0.1) is 0 Å². The molecule has 9 heteroatoms. The third kappa shape index (κ3) is 3.33. The number of anilines is 1. The molecule has 122 valence electrons. The van der Waals surface area contributed by atoms with E-state index in [2.05, 4.69) is 20.4 Å².